The first-order valence-corrected chi connectivity index (χ1v) is 9.10. The van der Waals surface area contributed by atoms with Crippen molar-refractivity contribution in [1.82, 2.24) is 9.88 Å². The number of fused-ring (bicyclic) bond motifs is 1. The van der Waals surface area contributed by atoms with Crippen molar-refractivity contribution in [1.29, 1.82) is 0 Å². The third kappa shape index (κ3) is 2.91. The Hall–Kier alpha value is -3.59. The Labute approximate surface area is 163 Å². The average Bonchev–Trinajstić information content (AvgIpc) is 3.27. The number of imide groups is 1. The van der Waals surface area contributed by atoms with Gasteiger partial charge in [0.25, 0.3) is 17.5 Å². The molecule has 1 aliphatic heterocycles. The molecule has 0 fully saturated rings. The lowest BCUT2D eigenvalue weighted by Gasteiger charge is -2.11. The van der Waals surface area contributed by atoms with Crippen LogP contribution in [0.25, 0.3) is 10.6 Å². The van der Waals surface area contributed by atoms with Crippen LogP contribution in [0.5, 0.6) is 5.75 Å². The van der Waals surface area contributed by atoms with E-state index in [9.17, 15) is 19.7 Å². The number of rotatable bonds is 5. The van der Waals surface area contributed by atoms with E-state index in [1.807, 2.05) is 24.3 Å². The SMILES string of the molecule is COc1ccccc1-c1nc(CN2C(=O)c3ccc([N+](=O)[O-])cc3C2=O)cs1. The van der Waals surface area contributed by atoms with Crippen LogP contribution in [0.2, 0.25) is 0 Å². The number of non-ortho nitro benzene ring substituents is 1. The summed E-state index contributed by atoms with van der Waals surface area (Å²) in [4.78, 5) is 41.1. The minimum Gasteiger partial charge on any atom is -0.496 e. The van der Waals surface area contributed by atoms with Crippen LogP contribution in [0.15, 0.2) is 47.8 Å². The molecule has 0 aliphatic carbocycles. The summed E-state index contributed by atoms with van der Waals surface area (Å²) in [5.74, 6) is -0.367. The van der Waals surface area contributed by atoms with Crippen LogP contribution in [-0.2, 0) is 6.54 Å². The van der Waals surface area contributed by atoms with E-state index in [0.29, 0.717) is 16.5 Å². The molecule has 0 radical (unpaired) electrons. The predicted molar refractivity (Wildman–Crippen MR) is 101 cm³/mol. The van der Waals surface area contributed by atoms with Crippen LogP contribution in [0.3, 0.4) is 0 Å². The highest BCUT2D eigenvalue weighted by Crippen LogP contribution is 2.33. The number of hydrogen-bond acceptors (Lipinski definition) is 7. The van der Waals surface area contributed by atoms with Gasteiger partial charge in [-0.05, 0) is 18.2 Å². The molecule has 1 aliphatic rings. The van der Waals surface area contributed by atoms with Crippen LogP contribution in [0.4, 0.5) is 5.69 Å². The molecule has 0 spiro atoms. The van der Waals surface area contributed by atoms with E-state index in [1.54, 1.807) is 12.5 Å². The first-order chi connectivity index (χ1) is 13.5. The van der Waals surface area contributed by atoms with E-state index in [2.05, 4.69) is 4.98 Å². The summed E-state index contributed by atoms with van der Waals surface area (Å²) < 4.78 is 5.34. The Morgan fingerprint density at radius 3 is 2.61 bits per heavy atom. The molecule has 2 heterocycles. The summed E-state index contributed by atoms with van der Waals surface area (Å²) in [6.07, 6.45) is 0. The van der Waals surface area contributed by atoms with Gasteiger partial charge in [-0.25, -0.2) is 4.98 Å². The van der Waals surface area contributed by atoms with Gasteiger partial charge in [0.1, 0.15) is 10.8 Å². The highest BCUT2D eigenvalue weighted by Gasteiger charge is 2.37. The van der Waals surface area contributed by atoms with Crippen molar-refractivity contribution in [2.45, 2.75) is 6.54 Å². The van der Waals surface area contributed by atoms with Crippen molar-refractivity contribution in [2.24, 2.45) is 0 Å². The van der Waals surface area contributed by atoms with Crippen LogP contribution >= 0.6 is 11.3 Å². The molecule has 28 heavy (non-hydrogen) atoms. The van der Waals surface area contributed by atoms with E-state index < -0.39 is 16.7 Å². The number of thiazole rings is 1. The normalized spacial score (nSPS) is 13.0. The molecular formula is C19H13N3O5S. The Bertz CT molecular complexity index is 1120. The number of nitrogens with zero attached hydrogens (tertiary/aromatic N) is 3. The minimum atomic E-state index is -0.597. The third-order valence-electron chi connectivity index (χ3n) is 4.37. The Kier molecular flexibility index (Phi) is 4.36. The molecular weight excluding hydrogens is 382 g/mol. The maximum absolute atomic E-state index is 12.6. The number of ether oxygens (including phenoxy) is 1. The zero-order valence-corrected chi connectivity index (χ0v) is 15.4. The van der Waals surface area contributed by atoms with E-state index >= 15 is 0 Å². The number of hydrogen-bond donors (Lipinski definition) is 0. The molecule has 8 nitrogen and oxygen atoms in total. The van der Waals surface area contributed by atoms with Crippen LogP contribution in [0, 0.1) is 10.1 Å². The van der Waals surface area contributed by atoms with Crippen molar-refractivity contribution in [2.75, 3.05) is 7.11 Å². The van der Waals surface area contributed by atoms with Crippen molar-refractivity contribution >= 4 is 28.8 Å². The monoisotopic (exact) mass is 395 g/mol. The summed E-state index contributed by atoms with van der Waals surface area (Å²) in [6.45, 7) is -0.00814. The van der Waals surface area contributed by atoms with Crippen molar-refractivity contribution < 1.29 is 19.2 Å². The molecule has 9 heteroatoms. The van der Waals surface area contributed by atoms with Gasteiger partial charge in [0.15, 0.2) is 0 Å². The summed E-state index contributed by atoms with van der Waals surface area (Å²) in [5.41, 5.74) is 1.35. The predicted octanol–water partition coefficient (Wildman–Crippen LogP) is 3.52. The van der Waals surface area contributed by atoms with E-state index in [-0.39, 0.29) is 23.4 Å². The number of nitro benzene ring substituents is 1. The van der Waals surface area contributed by atoms with Gasteiger partial charge < -0.3 is 4.74 Å². The number of carbonyl (C=O) groups excluding carboxylic acids is 2. The molecule has 0 N–H and O–H groups in total. The molecule has 4 rings (SSSR count). The standard InChI is InChI=1S/C19H13N3O5S/c1-27-16-5-3-2-4-14(16)17-20-11(10-28-17)9-21-18(23)13-7-6-12(22(25)26)8-15(13)19(21)24/h2-8,10H,9H2,1H3. The lowest BCUT2D eigenvalue weighted by atomic mass is 10.1. The maximum Gasteiger partial charge on any atom is 0.270 e. The smallest absolute Gasteiger partial charge is 0.270 e. The molecule has 0 saturated carbocycles. The highest BCUT2D eigenvalue weighted by molar-refractivity contribution is 7.13. The number of methoxy groups -OCH3 is 1. The van der Waals surface area contributed by atoms with E-state index in [0.717, 1.165) is 16.5 Å². The number of benzene rings is 2. The van der Waals surface area contributed by atoms with Gasteiger partial charge in [-0.2, -0.15) is 0 Å². The van der Waals surface area contributed by atoms with Gasteiger partial charge in [0, 0.05) is 17.5 Å². The Morgan fingerprint density at radius 1 is 1.11 bits per heavy atom. The quantitative estimate of drug-likeness (QED) is 0.372. The zero-order chi connectivity index (χ0) is 19.8. The van der Waals surface area contributed by atoms with E-state index in [1.165, 1.54) is 23.5 Å². The van der Waals surface area contributed by atoms with Gasteiger partial charge in [-0.3, -0.25) is 24.6 Å². The van der Waals surface area contributed by atoms with Crippen molar-refractivity contribution in [3.05, 3.63) is 74.8 Å². The van der Waals surface area contributed by atoms with Crippen molar-refractivity contribution in [3.63, 3.8) is 0 Å². The molecule has 3 aromatic rings. The van der Waals surface area contributed by atoms with Gasteiger partial charge in [0.05, 0.1) is 41.0 Å². The molecule has 0 atom stereocenters. The molecule has 0 unspecified atom stereocenters. The van der Waals surface area contributed by atoms with Gasteiger partial charge in [-0.1, -0.05) is 12.1 Å². The summed E-state index contributed by atoms with van der Waals surface area (Å²) in [6, 6.07) is 11.1. The minimum absolute atomic E-state index is 0.00814. The molecule has 0 saturated heterocycles. The topological polar surface area (TPSA) is 103 Å². The van der Waals surface area contributed by atoms with Crippen LogP contribution in [-0.4, -0.2) is 33.7 Å². The lowest BCUT2D eigenvalue weighted by molar-refractivity contribution is -0.384. The van der Waals surface area contributed by atoms with Crippen LogP contribution in [0.1, 0.15) is 26.4 Å². The number of para-hydroxylation sites is 1. The zero-order valence-electron chi connectivity index (χ0n) is 14.6. The van der Waals surface area contributed by atoms with Crippen molar-refractivity contribution in [3.8, 4) is 16.3 Å². The summed E-state index contributed by atoms with van der Waals surface area (Å²) in [7, 11) is 1.57. The summed E-state index contributed by atoms with van der Waals surface area (Å²) in [5, 5.41) is 13.4. The second-order valence-corrected chi connectivity index (χ2v) is 6.89. The number of nitro groups is 1. The molecule has 2 amide bonds. The fraction of sp³-hybridized carbons (Fsp3) is 0.105. The Balaban J connectivity index is 1.60. The number of amides is 2. The fourth-order valence-electron chi connectivity index (χ4n) is 3.02. The Morgan fingerprint density at radius 2 is 1.86 bits per heavy atom. The lowest BCUT2D eigenvalue weighted by Crippen LogP contribution is -2.29. The average molecular weight is 395 g/mol. The number of aromatic nitrogens is 1. The second-order valence-electron chi connectivity index (χ2n) is 6.03. The number of carbonyl (C=O) groups is 2. The third-order valence-corrected chi connectivity index (χ3v) is 5.30. The molecule has 140 valence electrons. The second kappa shape index (κ2) is 6.86. The largest absolute Gasteiger partial charge is 0.496 e. The fourth-order valence-corrected chi connectivity index (χ4v) is 3.86. The van der Waals surface area contributed by atoms with Crippen LogP contribution < -0.4 is 4.74 Å². The van der Waals surface area contributed by atoms with E-state index in [4.69, 9.17) is 4.74 Å². The summed E-state index contributed by atoms with van der Waals surface area (Å²) >= 11 is 1.38. The molecule has 1 aromatic heterocycles. The van der Waals surface area contributed by atoms with Gasteiger partial charge in [-0.15, -0.1) is 11.3 Å². The van der Waals surface area contributed by atoms with Gasteiger partial charge >= 0.3 is 0 Å². The maximum atomic E-state index is 12.6. The molecule has 0 bridgehead atoms. The highest BCUT2D eigenvalue weighted by atomic mass is 32.1. The first kappa shape index (κ1) is 17.8. The van der Waals surface area contributed by atoms with Gasteiger partial charge in [0.2, 0.25) is 0 Å². The molecule has 2 aromatic carbocycles. The first-order valence-electron chi connectivity index (χ1n) is 8.22.